The normalized spacial score (nSPS) is 19.0. The van der Waals surface area contributed by atoms with E-state index < -0.39 is 16.1 Å². The first-order valence-corrected chi connectivity index (χ1v) is 10.8. The number of rotatable bonds is 6. The highest BCUT2D eigenvalue weighted by Crippen LogP contribution is 2.28. The topological polar surface area (TPSA) is 66.5 Å². The van der Waals surface area contributed by atoms with Crippen LogP contribution in [0.3, 0.4) is 0 Å². The van der Waals surface area contributed by atoms with E-state index in [-0.39, 0.29) is 11.7 Å². The molecule has 1 aliphatic heterocycles. The molecule has 1 aliphatic rings. The maximum atomic E-state index is 12.5. The number of carbonyl (C=O) groups is 1. The fourth-order valence-corrected chi connectivity index (χ4v) is 5.62. The summed E-state index contributed by atoms with van der Waals surface area (Å²) >= 11 is 6.75. The number of halogens is 2. The van der Waals surface area contributed by atoms with E-state index in [9.17, 15) is 13.2 Å². The quantitative estimate of drug-likeness (QED) is 0.692. The smallest absolute Gasteiger partial charge is 0.242 e. The molecular formula is C15H20Br2N2O3S. The Morgan fingerprint density at radius 1 is 1.39 bits per heavy atom. The molecule has 0 saturated carbocycles. The Morgan fingerprint density at radius 3 is 2.78 bits per heavy atom. The van der Waals surface area contributed by atoms with Gasteiger partial charge in [-0.1, -0.05) is 29.3 Å². The summed E-state index contributed by atoms with van der Waals surface area (Å²) in [5.74, 6) is -0.166. The van der Waals surface area contributed by atoms with Crippen LogP contribution < -0.4 is 5.32 Å². The van der Waals surface area contributed by atoms with E-state index in [1.54, 1.807) is 6.07 Å². The van der Waals surface area contributed by atoms with Crippen molar-refractivity contribution in [1.82, 2.24) is 4.31 Å². The molecule has 0 spiro atoms. The summed E-state index contributed by atoms with van der Waals surface area (Å²) in [6, 6.07) is 4.81. The van der Waals surface area contributed by atoms with Gasteiger partial charge in [-0.05, 0) is 53.4 Å². The molecule has 0 aliphatic carbocycles. The molecule has 1 fully saturated rings. The number of benzene rings is 1. The Bertz CT molecular complexity index is 679. The molecule has 0 radical (unpaired) electrons. The lowest BCUT2D eigenvalue weighted by atomic mass is 10.2. The highest BCUT2D eigenvalue weighted by Gasteiger charge is 2.38. The summed E-state index contributed by atoms with van der Waals surface area (Å²) in [4.78, 5) is 12.5. The second kappa shape index (κ2) is 8.09. The Hall–Kier alpha value is -0.440. The van der Waals surface area contributed by atoms with Crippen LogP contribution in [0.25, 0.3) is 0 Å². The van der Waals surface area contributed by atoms with Crippen molar-refractivity contribution < 1.29 is 13.2 Å². The van der Waals surface area contributed by atoms with Crippen LogP contribution in [-0.4, -0.2) is 37.0 Å². The molecule has 0 bridgehead atoms. The molecule has 23 heavy (non-hydrogen) atoms. The standard InChI is InChI=1S/C15H20Br2N2O3S/c1-2-3-9-23(21,22)19-8-4-5-14(19)15(20)18-13-7-6-11(16)10-12(13)17/h6-7,10,14H,2-5,8-9H2,1H3,(H,18,20). The van der Waals surface area contributed by atoms with Crippen molar-refractivity contribution in [2.45, 2.75) is 38.6 Å². The summed E-state index contributed by atoms with van der Waals surface area (Å²) in [5, 5.41) is 2.82. The van der Waals surface area contributed by atoms with Crippen molar-refractivity contribution >= 4 is 53.5 Å². The van der Waals surface area contributed by atoms with Crippen molar-refractivity contribution in [2.24, 2.45) is 0 Å². The van der Waals surface area contributed by atoms with Gasteiger partial charge in [0.05, 0.1) is 11.4 Å². The minimum atomic E-state index is -3.37. The summed E-state index contributed by atoms with van der Waals surface area (Å²) in [7, 11) is -3.37. The number of unbranched alkanes of at least 4 members (excludes halogenated alkanes) is 1. The van der Waals surface area contributed by atoms with E-state index in [1.807, 2.05) is 19.1 Å². The third-order valence-corrected chi connectivity index (χ3v) is 6.91. The second-order valence-electron chi connectivity index (χ2n) is 5.55. The molecule has 1 aromatic rings. The highest BCUT2D eigenvalue weighted by molar-refractivity contribution is 9.11. The van der Waals surface area contributed by atoms with Crippen LogP contribution in [0.4, 0.5) is 5.69 Å². The SMILES string of the molecule is CCCCS(=O)(=O)N1CCCC1C(=O)Nc1ccc(Br)cc1Br. The van der Waals surface area contributed by atoms with Gasteiger partial charge >= 0.3 is 0 Å². The highest BCUT2D eigenvalue weighted by atomic mass is 79.9. The van der Waals surface area contributed by atoms with Crippen LogP contribution in [-0.2, 0) is 14.8 Å². The second-order valence-corrected chi connectivity index (χ2v) is 9.36. The molecule has 1 N–H and O–H groups in total. The number of hydrogen-bond donors (Lipinski definition) is 1. The summed E-state index contributed by atoms with van der Waals surface area (Å²) in [6.07, 6.45) is 2.71. The molecule has 1 unspecified atom stereocenters. The molecule has 0 aromatic heterocycles. The van der Waals surface area contributed by atoms with Crippen LogP contribution in [0.1, 0.15) is 32.6 Å². The molecule has 1 saturated heterocycles. The number of sulfonamides is 1. The molecule has 1 aromatic carbocycles. The van der Waals surface area contributed by atoms with Gasteiger partial charge in [0.1, 0.15) is 6.04 Å². The van der Waals surface area contributed by atoms with Crippen LogP contribution >= 0.6 is 31.9 Å². The number of anilines is 1. The monoisotopic (exact) mass is 466 g/mol. The van der Waals surface area contributed by atoms with E-state index in [2.05, 4.69) is 37.2 Å². The first-order chi connectivity index (χ1) is 10.8. The van der Waals surface area contributed by atoms with Crippen molar-refractivity contribution in [2.75, 3.05) is 17.6 Å². The van der Waals surface area contributed by atoms with Gasteiger partial charge in [-0.3, -0.25) is 4.79 Å². The van der Waals surface area contributed by atoms with Gasteiger partial charge in [0.2, 0.25) is 15.9 Å². The third kappa shape index (κ3) is 4.78. The van der Waals surface area contributed by atoms with Crippen LogP contribution in [0, 0.1) is 0 Å². The zero-order valence-corrected chi connectivity index (χ0v) is 16.9. The predicted octanol–water partition coefficient (Wildman–Crippen LogP) is 3.74. The Kier molecular flexibility index (Phi) is 6.65. The molecule has 2 rings (SSSR count). The predicted molar refractivity (Wildman–Crippen MR) is 98.9 cm³/mol. The van der Waals surface area contributed by atoms with Gasteiger partial charge in [-0.25, -0.2) is 8.42 Å². The molecular weight excluding hydrogens is 448 g/mol. The van der Waals surface area contributed by atoms with E-state index in [4.69, 9.17) is 0 Å². The average molecular weight is 468 g/mol. The largest absolute Gasteiger partial charge is 0.324 e. The van der Waals surface area contributed by atoms with E-state index in [1.165, 1.54) is 4.31 Å². The molecule has 8 heteroatoms. The molecule has 5 nitrogen and oxygen atoms in total. The lowest BCUT2D eigenvalue weighted by Gasteiger charge is -2.23. The molecule has 1 heterocycles. The van der Waals surface area contributed by atoms with Crippen LogP contribution in [0.15, 0.2) is 27.1 Å². The Morgan fingerprint density at radius 2 is 2.13 bits per heavy atom. The van der Waals surface area contributed by atoms with Gasteiger partial charge in [0.15, 0.2) is 0 Å². The Balaban J connectivity index is 2.11. The number of amides is 1. The van der Waals surface area contributed by atoms with Gasteiger partial charge in [-0.15, -0.1) is 0 Å². The maximum Gasteiger partial charge on any atom is 0.242 e. The van der Waals surface area contributed by atoms with Crippen molar-refractivity contribution in [3.63, 3.8) is 0 Å². The van der Waals surface area contributed by atoms with Crippen LogP contribution in [0.5, 0.6) is 0 Å². The number of hydrogen-bond acceptors (Lipinski definition) is 3. The fourth-order valence-electron chi connectivity index (χ4n) is 2.59. The molecule has 128 valence electrons. The van der Waals surface area contributed by atoms with Gasteiger partial charge < -0.3 is 5.32 Å². The lowest BCUT2D eigenvalue weighted by Crippen LogP contribution is -2.44. The minimum absolute atomic E-state index is 0.106. The van der Waals surface area contributed by atoms with Gasteiger partial charge in [-0.2, -0.15) is 4.31 Å². The minimum Gasteiger partial charge on any atom is -0.324 e. The van der Waals surface area contributed by atoms with Crippen molar-refractivity contribution in [3.05, 3.63) is 27.1 Å². The van der Waals surface area contributed by atoms with Gasteiger partial charge in [0, 0.05) is 15.5 Å². The molecule has 1 atom stereocenters. The lowest BCUT2D eigenvalue weighted by molar-refractivity contribution is -0.119. The summed E-state index contributed by atoms with van der Waals surface area (Å²) in [6.45, 7) is 2.38. The average Bonchev–Trinajstić information content (AvgIpc) is 2.98. The van der Waals surface area contributed by atoms with Crippen LogP contribution in [0.2, 0.25) is 0 Å². The Labute approximate surface area is 154 Å². The zero-order valence-electron chi connectivity index (χ0n) is 12.9. The first-order valence-electron chi connectivity index (χ1n) is 7.60. The summed E-state index contributed by atoms with van der Waals surface area (Å²) < 4.78 is 27.8. The number of nitrogens with zero attached hydrogens (tertiary/aromatic N) is 1. The van der Waals surface area contributed by atoms with E-state index >= 15 is 0 Å². The number of carbonyl (C=O) groups excluding carboxylic acids is 1. The third-order valence-electron chi connectivity index (χ3n) is 3.81. The van der Waals surface area contributed by atoms with E-state index in [0.717, 1.165) is 15.4 Å². The summed E-state index contributed by atoms with van der Waals surface area (Å²) in [5.41, 5.74) is 0.635. The van der Waals surface area contributed by atoms with Gasteiger partial charge in [0.25, 0.3) is 0 Å². The van der Waals surface area contributed by atoms with Crippen molar-refractivity contribution in [1.29, 1.82) is 0 Å². The zero-order chi connectivity index (χ0) is 17.0. The first kappa shape index (κ1) is 18.9. The fraction of sp³-hybridized carbons (Fsp3) is 0.533. The number of nitrogens with one attached hydrogen (secondary N) is 1. The van der Waals surface area contributed by atoms with Crippen molar-refractivity contribution in [3.8, 4) is 0 Å². The van der Waals surface area contributed by atoms with E-state index in [0.29, 0.717) is 31.5 Å². The maximum absolute atomic E-state index is 12.5. The molecule has 1 amide bonds.